The highest BCUT2D eigenvalue weighted by atomic mass is 32.2. The Morgan fingerprint density at radius 1 is 1.08 bits per heavy atom. The van der Waals surface area contributed by atoms with E-state index in [9.17, 15) is 18.0 Å². The van der Waals surface area contributed by atoms with E-state index in [2.05, 4.69) is 6.08 Å². The number of allylic oxidation sites excluding steroid dienone is 3. The molecule has 24 heavy (non-hydrogen) atoms. The van der Waals surface area contributed by atoms with Gasteiger partial charge in [0.2, 0.25) is 0 Å². The van der Waals surface area contributed by atoms with Crippen molar-refractivity contribution >= 4 is 23.0 Å². The molecule has 1 aliphatic rings. The van der Waals surface area contributed by atoms with Crippen LogP contribution in [0, 0.1) is 5.92 Å². The zero-order chi connectivity index (χ0) is 17.6. The molecule has 0 radical (unpaired) electrons. The van der Waals surface area contributed by atoms with Crippen LogP contribution in [0.3, 0.4) is 0 Å². The number of hydrogen-bond donors (Lipinski definition) is 0. The number of rotatable bonds is 4. The molecule has 2 rings (SSSR count). The second-order valence-electron chi connectivity index (χ2n) is 6.01. The van der Waals surface area contributed by atoms with Gasteiger partial charge in [0.25, 0.3) is 0 Å². The molecule has 1 aliphatic carbocycles. The van der Waals surface area contributed by atoms with Gasteiger partial charge in [0, 0.05) is 12.2 Å². The lowest BCUT2D eigenvalue weighted by Gasteiger charge is -2.25. The van der Waals surface area contributed by atoms with E-state index in [0.29, 0.717) is 11.2 Å². The summed E-state index contributed by atoms with van der Waals surface area (Å²) in [6.45, 7) is 1.61. The van der Waals surface area contributed by atoms with Gasteiger partial charge in [0.05, 0.1) is 5.56 Å². The SMILES string of the molecule is CC(=O)S[C@H]1CC[C@H](C=CC=Cc2ccc(C(F)(F)F)cc2)CC1. The first-order valence-electron chi connectivity index (χ1n) is 8.04. The van der Waals surface area contributed by atoms with Gasteiger partial charge in [-0.3, -0.25) is 4.79 Å². The summed E-state index contributed by atoms with van der Waals surface area (Å²) in [7, 11) is 0. The Kier molecular flexibility index (Phi) is 6.72. The number of hydrogen-bond acceptors (Lipinski definition) is 2. The fraction of sp³-hybridized carbons (Fsp3) is 0.421. The molecule has 1 aromatic rings. The van der Waals surface area contributed by atoms with Crippen LogP contribution in [0.5, 0.6) is 0 Å². The molecule has 0 amide bonds. The second kappa shape index (κ2) is 8.56. The third-order valence-corrected chi connectivity index (χ3v) is 5.21. The first kappa shape index (κ1) is 18.8. The highest BCUT2D eigenvalue weighted by Gasteiger charge is 2.29. The first-order valence-corrected chi connectivity index (χ1v) is 8.92. The molecule has 1 fully saturated rings. The Morgan fingerprint density at radius 2 is 1.71 bits per heavy atom. The number of benzene rings is 1. The molecule has 0 saturated heterocycles. The van der Waals surface area contributed by atoms with E-state index in [1.54, 1.807) is 13.0 Å². The summed E-state index contributed by atoms with van der Waals surface area (Å²) in [5, 5.41) is 0.642. The van der Waals surface area contributed by atoms with E-state index in [-0.39, 0.29) is 5.12 Å². The third kappa shape index (κ3) is 6.19. The molecule has 1 nitrogen and oxygen atoms in total. The van der Waals surface area contributed by atoms with Crippen LogP contribution >= 0.6 is 11.8 Å². The zero-order valence-electron chi connectivity index (χ0n) is 13.6. The molecule has 0 atom stereocenters. The van der Waals surface area contributed by atoms with E-state index in [4.69, 9.17) is 0 Å². The Hall–Kier alpha value is -1.49. The zero-order valence-corrected chi connectivity index (χ0v) is 14.4. The Balaban J connectivity index is 1.80. The monoisotopic (exact) mass is 354 g/mol. The van der Waals surface area contributed by atoms with E-state index >= 15 is 0 Å². The molecule has 1 saturated carbocycles. The Bertz CT molecular complexity index is 594. The van der Waals surface area contributed by atoms with Gasteiger partial charge in [0.15, 0.2) is 5.12 Å². The lowest BCUT2D eigenvalue weighted by molar-refractivity contribution is -0.137. The van der Waals surface area contributed by atoms with Gasteiger partial charge in [-0.1, -0.05) is 48.2 Å². The maximum atomic E-state index is 12.5. The van der Waals surface area contributed by atoms with Crippen molar-refractivity contribution in [1.82, 2.24) is 0 Å². The summed E-state index contributed by atoms with van der Waals surface area (Å²) < 4.78 is 37.4. The van der Waals surface area contributed by atoms with Gasteiger partial charge in [-0.15, -0.1) is 0 Å². The molecule has 0 N–H and O–H groups in total. The lowest BCUT2D eigenvalue weighted by Crippen LogP contribution is -2.15. The molecule has 130 valence electrons. The Labute approximate surface area is 145 Å². The number of carbonyl (C=O) groups is 1. The van der Waals surface area contributed by atoms with Crippen LogP contribution in [0.15, 0.2) is 42.5 Å². The summed E-state index contributed by atoms with van der Waals surface area (Å²) in [4.78, 5) is 11.1. The quantitative estimate of drug-likeness (QED) is 0.607. The molecule has 0 spiro atoms. The lowest BCUT2D eigenvalue weighted by atomic mass is 9.88. The van der Waals surface area contributed by atoms with Crippen molar-refractivity contribution in [1.29, 1.82) is 0 Å². The fourth-order valence-corrected chi connectivity index (χ4v) is 3.78. The predicted molar refractivity (Wildman–Crippen MR) is 93.6 cm³/mol. The van der Waals surface area contributed by atoms with Crippen molar-refractivity contribution in [3.63, 3.8) is 0 Å². The minimum atomic E-state index is -4.29. The average molecular weight is 354 g/mol. The molecular weight excluding hydrogens is 333 g/mol. The second-order valence-corrected chi connectivity index (χ2v) is 7.49. The maximum absolute atomic E-state index is 12.5. The maximum Gasteiger partial charge on any atom is 0.416 e. The molecule has 5 heteroatoms. The van der Waals surface area contributed by atoms with Gasteiger partial charge in [-0.25, -0.2) is 0 Å². The molecule has 0 bridgehead atoms. The molecule has 0 aromatic heterocycles. The van der Waals surface area contributed by atoms with Crippen LogP contribution in [-0.2, 0) is 11.0 Å². The van der Waals surface area contributed by atoms with Crippen molar-refractivity contribution in [2.75, 3.05) is 0 Å². The van der Waals surface area contributed by atoms with Crippen molar-refractivity contribution in [3.05, 3.63) is 53.6 Å². The van der Waals surface area contributed by atoms with E-state index < -0.39 is 11.7 Å². The van der Waals surface area contributed by atoms with E-state index in [1.807, 2.05) is 12.2 Å². The fourth-order valence-electron chi connectivity index (χ4n) is 2.80. The third-order valence-electron chi connectivity index (χ3n) is 4.07. The largest absolute Gasteiger partial charge is 0.416 e. The molecule has 1 aromatic carbocycles. The summed E-state index contributed by atoms with van der Waals surface area (Å²) in [6.07, 6.45) is 7.75. The van der Waals surface area contributed by atoms with Crippen LogP contribution in [0.4, 0.5) is 13.2 Å². The van der Waals surface area contributed by atoms with Crippen LogP contribution in [0.1, 0.15) is 43.7 Å². The van der Waals surface area contributed by atoms with Crippen molar-refractivity contribution in [2.45, 2.75) is 44.0 Å². The topological polar surface area (TPSA) is 17.1 Å². The smallest absolute Gasteiger partial charge is 0.288 e. The van der Waals surface area contributed by atoms with Gasteiger partial charge in [-0.05, 0) is 49.3 Å². The van der Waals surface area contributed by atoms with Gasteiger partial charge in [0.1, 0.15) is 0 Å². The van der Waals surface area contributed by atoms with Crippen LogP contribution in [0.2, 0.25) is 0 Å². The standard InChI is InChI=1S/C19H21F3OS/c1-14(23)24-18-12-8-16(9-13-18)5-3-2-4-15-6-10-17(11-7-15)19(20,21)22/h2-7,10-11,16,18H,8-9,12-13H2,1H3/t16-,18-. The first-order chi connectivity index (χ1) is 11.3. The van der Waals surface area contributed by atoms with E-state index in [1.165, 1.54) is 23.9 Å². The number of alkyl halides is 3. The molecule has 0 unspecified atom stereocenters. The van der Waals surface area contributed by atoms with Crippen molar-refractivity contribution < 1.29 is 18.0 Å². The van der Waals surface area contributed by atoms with Crippen molar-refractivity contribution in [3.8, 4) is 0 Å². The van der Waals surface area contributed by atoms with Crippen LogP contribution in [-0.4, -0.2) is 10.4 Å². The summed E-state index contributed by atoms with van der Waals surface area (Å²) in [5.74, 6) is 0.520. The highest BCUT2D eigenvalue weighted by Crippen LogP contribution is 2.33. The predicted octanol–water partition coefficient (Wildman–Crippen LogP) is 6.11. The average Bonchev–Trinajstić information content (AvgIpc) is 2.52. The van der Waals surface area contributed by atoms with Gasteiger partial charge in [-0.2, -0.15) is 13.2 Å². The molecule has 0 heterocycles. The molecule has 0 aliphatic heterocycles. The molecular formula is C19H21F3OS. The van der Waals surface area contributed by atoms with Gasteiger partial charge < -0.3 is 0 Å². The number of carbonyl (C=O) groups excluding carboxylic acids is 1. The summed E-state index contributed by atoms with van der Waals surface area (Å²) >= 11 is 1.45. The van der Waals surface area contributed by atoms with Crippen LogP contribution < -0.4 is 0 Å². The number of thioether (sulfide) groups is 1. The number of halogens is 3. The van der Waals surface area contributed by atoms with E-state index in [0.717, 1.165) is 43.4 Å². The summed E-state index contributed by atoms with van der Waals surface area (Å²) in [6, 6.07) is 5.13. The minimum absolute atomic E-state index is 0.188. The minimum Gasteiger partial charge on any atom is -0.288 e. The van der Waals surface area contributed by atoms with Crippen molar-refractivity contribution in [2.24, 2.45) is 5.92 Å². The normalized spacial score (nSPS) is 22.3. The summed E-state index contributed by atoms with van der Waals surface area (Å²) in [5.41, 5.74) is 0.115. The van der Waals surface area contributed by atoms with Crippen LogP contribution in [0.25, 0.3) is 6.08 Å². The highest BCUT2D eigenvalue weighted by molar-refractivity contribution is 8.14. The van der Waals surface area contributed by atoms with Gasteiger partial charge >= 0.3 is 6.18 Å². The Morgan fingerprint density at radius 3 is 2.25 bits per heavy atom.